The van der Waals surface area contributed by atoms with Crippen LogP contribution >= 0.6 is 0 Å². The van der Waals surface area contributed by atoms with Gasteiger partial charge in [0.25, 0.3) is 0 Å². The summed E-state index contributed by atoms with van der Waals surface area (Å²) >= 11 is 0. The zero-order valence-electron chi connectivity index (χ0n) is 22.6. The summed E-state index contributed by atoms with van der Waals surface area (Å²) in [5.41, 5.74) is 1.11. The van der Waals surface area contributed by atoms with Crippen molar-refractivity contribution >= 4 is 0 Å². The Hall–Kier alpha value is -1.13. The number of nitrogens with one attached hydrogen (secondary N) is 1. The number of piperazine rings is 1. The SMILES string of the molecule is C[C@H](COc1ccccn1)[C@H]1CCC2C3CC[C@H]4C[C@@H](N5CCNCC5)CC[C@]4(C)C3CC[C@@]21C. The van der Waals surface area contributed by atoms with Gasteiger partial charge in [-0.2, -0.15) is 0 Å². The number of aromatic nitrogens is 1. The van der Waals surface area contributed by atoms with Crippen molar-refractivity contribution in [3.63, 3.8) is 0 Å². The second-order valence-corrected chi connectivity index (χ2v) is 13.6. The van der Waals surface area contributed by atoms with Gasteiger partial charge in [-0.25, -0.2) is 4.98 Å². The molecule has 1 aromatic rings. The van der Waals surface area contributed by atoms with Crippen molar-refractivity contribution in [1.29, 1.82) is 0 Å². The van der Waals surface area contributed by atoms with Gasteiger partial charge in [0.05, 0.1) is 6.61 Å². The molecule has 3 unspecified atom stereocenters. The molecule has 4 heteroatoms. The summed E-state index contributed by atoms with van der Waals surface area (Å²) in [4.78, 5) is 7.21. The van der Waals surface area contributed by atoms with E-state index in [4.69, 9.17) is 4.74 Å². The summed E-state index contributed by atoms with van der Waals surface area (Å²) in [5, 5.41) is 3.55. The first-order chi connectivity index (χ1) is 17.0. The van der Waals surface area contributed by atoms with E-state index in [0.29, 0.717) is 16.7 Å². The fraction of sp³-hybridized carbons (Fsp3) is 0.839. The van der Waals surface area contributed by atoms with Crippen molar-refractivity contribution in [2.75, 3.05) is 32.8 Å². The Morgan fingerprint density at radius 2 is 1.80 bits per heavy atom. The molecule has 0 spiro atoms. The molecule has 4 saturated carbocycles. The summed E-state index contributed by atoms with van der Waals surface area (Å²) < 4.78 is 6.14. The molecular formula is C31H49N3O. The van der Waals surface area contributed by atoms with Crippen molar-refractivity contribution in [2.45, 2.75) is 84.6 Å². The molecule has 4 nitrogen and oxygen atoms in total. The van der Waals surface area contributed by atoms with Gasteiger partial charge in [0, 0.05) is 44.5 Å². The molecule has 35 heavy (non-hydrogen) atoms. The first kappa shape index (κ1) is 24.2. The van der Waals surface area contributed by atoms with E-state index in [1.165, 1.54) is 84.0 Å². The van der Waals surface area contributed by atoms with Crippen LogP contribution in [0.5, 0.6) is 5.88 Å². The Morgan fingerprint density at radius 1 is 1.00 bits per heavy atom. The van der Waals surface area contributed by atoms with Crippen LogP contribution in [-0.2, 0) is 0 Å². The highest BCUT2D eigenvalue weighted by Crippen LogP contribution is 2.68. The van der Waals surface area contributed by atoms with E-state index < -0.39 is 0 Å². The smallest absolute Gasteiger partial charge is 0.213 e. The maximum Gasteiger partial charge on any atom is 0.213 e. The van der Waals surface area contributed by atoms with Crippen LogP contribution < -0.4 is 10.1 Å². The predicted molar refractivity (Wildman–Crippen MR) is 142 cm³/mol. The largest absolute Gasteiger partial charge is 0.477 e. The third-order valence-electron chi connectivity index (χ3n) is 12.2. The van der Waals surface area contributed by atoms with Crippen LogP contribution in [0.1, 0.15) is 78.6 Å². The van der Waals surface area contributed by atoms with Crippen LogP contribution in [0, 0.1) is 46.3 Å². The molecular weight excluding hydrogens is 430 g/mol. The molecule has 2 heterocycles. The second-order valence-electron chi connectivity index (χ2n) is 13.6. The van der Waals surface area contributed by atoms with Gasteiger partial charge in [0.1, 0.15) is 0 Å². The van der Waals surface area contributed by atoms with Gasteiger partial charge < -0.3 is 10.1 Å². The number of rotatable bonds is 5. The zero-order valence-corrected chi connectivity index (χ0v) is 22.6. The van der Waals surface area contributed by atoms with Crippen LogP contribution in [-0.4, -0.2) is 48.7 Å². The molecule has 0 aromatic carbocycles. The Kier molecular flexibility index (Phi) is 6.67. The second kappa shape index (κ2) is 9.63. The molecule has 6 rings (SSSR count). The van der Waals surface area contributed by atoms with Crippen LogP contribution in [0.25, 0.3) is 0 Å². The minimum atomic E-state index is 0.509. The summed E-state index contributed by atoms with van der Waals surface area (Å²) in [7, 11) is 0. The van der Waals surface area contributed by atoms with Gasteiger partial charge in [-0.3, -0.25) is 4.90 Å². The van der Waals surface area contributed by atoms with Gasteiger partial charge in [0.15, 0.2) is 0 Å². The van der Waals surface area contributed by atoms with E-state index in [1.54, 1.807) is 0 Å². The zero-order chi connectivity index (χ0) is 24.0. The average Bonchev–Trinajstić information content (AvgIpc) is 3.25. The Balaban J connectivity index is 1.12. The number of ether oxygens (including phenoxy) is 1. The van der Waals surface area contributed by atoms with Crippen LogP contribution in [0.15, 0.2) is 24.4 Å². The molecule has 5 fully saturated rings. The number of fused-ring (bicyclic) bond motifs is 5. The summed E-state index contributed by atoms with van der Waals surface area (Å²) in [6.45, 7) is 13.6. The molecule has 194 valence electrons. The molecule has 5 aliphatic rings. The Morgan fingerprint density at radius 3 is 2.60 bits per heavy atom. The van der Waals surface area contributed by atoms with Crippen molar-refractivity contribution < 1.29 is 4.74 Å². The summed E-state index contributed by atoms with van der Waals surface area (Å²) in [6, 6.07) is 6.84. The molecule has 0 radical (unpaired) electrons. The van der Waals surface area contributed by atoms with Crippen molar-refractivity contribution in [2.24, 2.45) is 46.3 Å². The van der Waals surface area contributed by atoms with E-state index in [-0.39, 0.29) is 0 Å². The lowest BCUT2D eigenvalue weighted by Gasteiger charge is -2.62. The molecule has 1 aliphatic heterocycles. The van der Waals surface area contributed by atoms with Crippen molar-refractivity contribution in [1.82, 2.24) is 15.2 Å². The van der Waals surface area contributed by atoms with E-state index >= 15 is 0 Å². The molecule has 4 aliphatic carbocycles. The molecule has 1 N–H and O–H groups in total. The van der Waals surface area contributed by atoms with E-state index in [2.05, 4.69) is 36.0 Å². The fourth-order valence-electron chi connectivity index (χ4n) is 10.4. The number of hydrogen-bond donors (Lipinski definition) is 1. The normalized spacial score (nSPS) is 44.7. The summed E-state index contributed by atoms with van der Waals surface area (Å²) in [6.07, 6.45) is 15.0. The predicted octanol–water partition coefficient (Wildman–Crippen LogP) is 6.03. The van der Waals surface area contributed by atoms with E-state index in [9.17, 15) is 0 Å². The van der Waals surface area contributed by atoms with Gasteiger partial charge in [-0.1, -0.05) is 26.8 Å². The maximum absolute atomic E-state index is 6.14. The van der Waals surface area contributed by atoms with Gasteiger partial charge >= 0.3 is 0 Å². The highest BCUT2D eigenvalue weighted by atomic mass is 16.5. The van der Waals surface area contributed by atoms with Gasteiger partial charge in [-0.05, 0) is 110 Å². The first-order valence-corrected chi connectivity index (χ1v) is 15.0. The van der Waals surface area contributed by atoms with E-state index in [1.807, 2.05) is 24.4 Å². The number of hydrogen-bond acceptors (Lipinski definition) is 4. The quantitative estimate of drug-likeness (QED) is 0.560. The minimum Gasteiger partial charge on any atom is -0.477 e. The van der Waals surface area contributed by atoms with Crippen LogP contribution in [0.3, 0.4) is 0 Å². The lowest BCUT2D eigenvalue weighted by atomic mass is 9.44. The topological polar surface area (TPSA) is 37.4 Å². The molecule has 0 amide bonds. The average molecular weight is 480 g/mol. The lowest BCUT2D eigenvalue weighted by molar-refractivity contribution is -0.125. The van der Waals surface area contributed by atoms with Crippen molar-refractivity contribution in [3.8, 4) is 5.88 Å². The number of nitrogens with zero attached hydrogens (tertiary/aromatic N) is 2. The molecule has 1 saturated heterocycles. The van der Waals surface area contributed by atoms with E-state index in [0.717, 1.165) is 48.1 Å². The molecule has 1 aromatic heterocycles. The highest BCUT2D eigenvalue weighted by Gasteiger charge is 2.60. The monoisotopic (exact) mass is 479 g/mol. The minimum absolute atomic E-state index is 0.509. The van der Waals surface area contributed by atoms with Gasteiger partial charge in [0.2, 0.25) is 5.88 Å². The molecule has 0 bridgehead atoms. The Bertz CT molecular complexity index is 856. The Labute approximate surface area is 214 Å². The van der Waals surface area contributed by atoms with Crippen molar-refractivity contribution in [3.05, 3.63) is 24.4 Å². The highest BCUT2D eigenvalue weighted by molar-refractivity contribution is 5.11. The third kappa shape index (κ3) is 4.25. The summed E-state index contributed by atoms with van der Waals surface area (Å²) in [5.74, 6) is 6.03. The lowest BCUT2D eigenvalue weighted by Crippen LogP contribution is -2.57. The standard InChI is InChI=1S/C31H49N3O/c1-22(21-35-29-6-4-5-15-33-29)26-9-10-27-25-8-7-23-20-24(34-18-16-32-17-19-34)11-13-30(23,2)28(25)12-14-31(26,27)3/h4-6,15,22-28,32H,7-14,16-21H2,1-3H3/t22-,23+,24+,25?,26-,27?,28?,30+,31-/m1/s1. The van der Waals surface area contributed by atoms with Crippen LogP contribution in [0.2, 0.25) is 0 Å². The van der Waals surface area contributed by atoms with Gasteiger partial charge in [-0.15, -0.1) is 0 Å². The maximum atomic E-state index is 6.14. The molecule has 9 atom stereocenters. The fourth-order valence-corrected chi connectivity index (χ4v) is 10.4. The number of pyridine rings is 1. The third-order valence-corrected chi connectivity index (χ3v) is 12.2. The first-order valence-electron chi connectivity index (χ1n) is 15.0. The van der Waals surface area contributed by atoms with Crippen LogP contribution in [0.4, 0.5) is 0 Å².